The number of benzene rings is 2. The molecule has 0 bridgehead atoms. The lowest BCUT2D eigenvalue weighted by Crippen LogP contribution is -2.48. The van der Waals surface area contributed by atoms with Gasteiger partial charge < -0.3 is 9.47 Å². The van der Waals surface area contributed by atoms with Crippen molar-refractivity contribution in [2.45, 2.75) is 23.8 Å². The summed E-state index contributed by atoms with van der Waals surface area (Å²) in [6, 6.07) is 14.4. The SMILES string of the molecule is CCOC(=O)C1=CCC2(c3ccc(OC)cc3)c3ccccc3S(=O)(=O)N2C1. The van der Waals surface area contributed by atoms with Gasteiger partial charge in [0.15, 0.2) is 0 Å². The quantitative estimate of drug-likeness (QED) is 0.740. The lowest BCUT2D eigenvalue weighted by Gasteiger charge is -2.40. The fourth-order valence-corrected chi connectivity index (χ4v) is 6.07. The normalized spacial score (nSPS) is 22.7. The molecular weight excluding hydrogens is 378 g/mol. The molecule has 2 aromatic carbocycles. The first-order valence-electron chi connectivity index (χ1n) is 9.08. The average molecular weight is 399 g/mol. The highest BCUT2D eigenvalue weighted by atomic mass is 32.2. The van der Waals surface area contributed by atoms with Crippen LogP contribution in [0.15, 0.2) is 65.1 Å². The minimum atomic E-state index is -3.76. The number of carbonyl (C=O) groups excluding carboxylic acids is 1. The number of methoxy groups -OCH3 is 1. The molecule has 0 aliphatic carbocycles. The number of nitrogens with zero attached hydrogens (tertiary/aromatic N) is 1. The summed E-state index contributed by atoms with van der Waals surface area (Å²) in [6.45, 7) is 1.94. The number of hydrogen-bond donors (Lipinski definition) is 0. The molecule has 2 aromatic rings. The van der Waals surface area contributed by atoms with Crippen molar-refractivity contribution in [3.63, 3.8) is 0 Å². The molecule has 7 heteroatoms. The van der Waals surface area contributed by atoms with E-state index in [1.807, 2.05) is 36.4 Å². The van der Waals surface area contributed by atoms with E-state index in [4.69, 9.17) is 9.47 Å². The van der Waals surface area contributed by atoms with Crippen molar-refractivity contribution < 1.29 is 22.7 Å². The predicted molar refractivity (Wildman–Crippen MR) is 103 cm³/mol. The highest BCUT2D eigenvalue weighted by molar-refractivity contribution is 7.89. The molecule has 0 amide bonds. The van der Waals surface area contributed by atoms with Crippen LogP contribution in [0.25, 0.3) is 0 Å². The van der Waals surface area contributed by atoms with E-state index < -0.39 is 21.5 Å². The van der Waals surface area contributed by atoms with E-state index >= 15 is 0 Å². The van der Waals surface area contributed by atoms with Crippen LogP contribution in [0.1, 0.15) is 24.5 Å². The van der Waals surface area contributed by atoms with Crippen LogP contribution in [0, 0.1) is 0 Å². The first kappa shape index (κ1) is 18.7. The lowest BCUT2D eigenvalue weighted by molar-refractivity contribution is -0.138. The average Bonchev–Trinajstić information content (AvgIpc) is 2.93. The maximum Gasteiger partial charge on any atom is 0.335 e. The van der Waals surface area contributed by atoms with Crippen LogP contribution in [0.5, 0.6) is 5.75 Å². The fourth-order valence-electron chi connectivity index (χ4n) is 4.07. The maximum absolute atomic E-state index is 13.4. The van der Waals surface area contributed by atoms with Crippen LogP contribution >= 0.6 is 0 Å². The Morgan fingerprint density at radius 3 is 2.54 bits per heavy atom. The second kappa shape index (κ2) is 6.76. The van der Waals surface area contributed by atoms with Crippen molar-refractivity contribution in [1.29, 1.82) is 0 Å². The molecule has 0 saturated carbocycles. The molecule has 2 aliphatic rings. The summed E-state index contributed by atoms with van der Waals surface area (Å²) in [4.78, 5) is 12.5. The van der Waals surface area contributed by atoms with Crippen molar-refractivity contribution >= 4 is 16.0 Å². The van der Waals surface area contributed by atoms with Gasteiger partial charge in [-0.25, -0.2) is 13.2 Å². The largest absolute Gasteiger partial charge is 0.497 e. The Kier molecular flexibility index (Phi) is 4.51. The first-order chi connectivity index (χ1) is 13.4. The van der Waals surface area contributed by atoms with Crippen LogP contribution in [0.3, 0.4) is 0 Å². The summed E-state index contributed by atoms with van der Waals surface area (Å²) in [6.07, 6.45) is 2.15. The number of carbonyl (C=O) groups is 1. The molecule has 0 radical (unpaired) electrons. The zero-order valence-corrected chi connectivity index (χ0v) is 16.5. The van der Waals surface area contributed by atoms with Crippen molar-refractivity contribution in [3.05, 3.63) is 71.3 Å². The number of rotatable bonds is 4. The van der Waals surface area contributed by atoms with Gasteiger partial charge in [0.05, 0.1) is 24.2 Å². The number of sulfonamides is 1. The lowest BCUT2D eigenvalue weighted by atomic mass is 9.77. The van der Waals surface area contributed by atoms with E-state index in [0.717, 1.165) is 11.1 Å². The number of esters is 1. The van der Waals surface area contributed by atoms with Gasteiger partial charge >= 0.3 is 5.97 Å². The molecule has 2 aliphatic heterocycles. The number of ether oxygens (including phenoxy) is 2. The highest BCUT2D eigenvalue weighted by Crippen LogP contribution is 2.52. The second-order valence-electron chi connectivity index (χ2n) is 6.75. The summed E-state index contributed by atoms with van der Waals surface area (Å²) < 4.78 is 38.5. The van der Waals surface area contributed by atoms with Gasteiger partial charge in [0.25, 0.3) is 0 Å². The highest BCUT2D eigenvalue weighted by Gasteiger charge is 2.56. The van der Waals surface area contributed by atoms with Crippen LogP contribution in [0.2, 0.25) is 0 Å². The van der Waals surface area contributed by atoms with Gasteiger partial charge in [0.2, 0.25) is 10.0 Å². The van der Waals surface area contributed by atoms with E-state index in [1.54, 1.807) is 32.2 Å². The molecule has 28 heavy (non-hydrogen) atoms. The number of fused-ring (bicyclic) bond motifs is 3. The maximum atomic E-state index is 13.4. The van der Waals surface area contributed by atoms with Gasteiger partial charge in [0, 0.05) is 12.1 Å². The van der Waals surface area contributed by atoms with Crippen molar-refractivity contribution in [3.8, 4) is 5.75 Å². The molecular formula is C21H21NO5S. The second-order valence-corrected chi connectivity index (χ2v) is 8.58. The predicted octanol–water partition coefficient (Wildman–Crippen LogP) is 2.84. The minimum absolute atomic E-state index is 0.0259. The van der Waals surface area contributed by atoms with E-state index in [2.05, 4.69) is 0 Å². The Morgan fingerprint density at radius 2 is 1.86 bits per heavy atom. The summed E-state index contributed by atoms with van der Waals surface area (Å²) in [7, 11) is -2.17. The first-order valence-corrected chi connectivity index (χ1v) is 10.5. The Labute approximate surface area is 164 Å². The van der Waals surface area contributed by atoms with Crippen molar-refractivity contribution in [2.24, 2.45) is 0 Å². The molecule has 0 N–H and O–H groups in total. The third kappa shape index (κ3) is 2.57. The Hall–Kier alpha value is -2.64. The van der Waals surface area contributed by atoms with Gasteiger partial charge in [-0.2, -0.15) is 4.31 Å². The standard InChI is InChI=1S/C21H21NO5S/c1-3-27-20(23)15-12-13-21(16-8-10-17(26-2)11-9-16)18-6-4-5-7-19(18)28(24,25)22(21)14-15/h4-12H,3,13-14H2,1-2H3. The van der Waals surface area contributed by atoms with Crippen molar-refractivity contribution in [1.82, 2.24) is 4.31 Å². The molecule has 146 valence electrons. The molecule has 0 fully saturated rings. The molecule has 6 nitrogen and oxygen atoms in total. The molecule has 2 heterocycles. The summed E-state index contributed by atoms with van der Waals surface area (Å²) in [5.41, 5.74) is 1.03. The van der Waals surface area contributed by atoms with Gasteiger partial charge in [0.1, 0.15) is 5.75 Å². The topological polar surface area (TPSA) is 72.9 Å². The molecule has 4 rings (SSSR count). The Morgan fingerprint density at radius 1 is 1.14 bits per heavy atom. The summed E-state index contributed by atoms with van der Waals surface area (Å²) in [5.74, 6) is 0.219. The van der Waals surface area contributed by atoms with Crippen LogP contribution in [0.4, 0.5) is 0 Å². The van der Waals surface area contributed by atoms with E-state index in [-0.39, 0.29) is 18.0 Å². The molecule has 0 aromatic heterocycles. The van der Waals surface area contributed by atoms with Gasteiger partial charge in [-0.15, -0.1) is 0 Å². The van der Waals surface area contributed by atoms with E-state index in [9.17, 15) is 13.2 Å². The zero-order chi connectivity index (χ0) is 19.9. The summed E-state index contributed by atoms with van der Waals surface area (Å²) >= 11 is 0. The zero-order valence-electron chi connectivity index (χ0n) is 15.7. The van der Waals surface area contributed by atoms with Crippen LogP contribution in [-0.2, 0) is 25.1 Å². The van der Waals surface area contributed by atoms with Gasteiger partial charge in [-0.05, 0) is 42.7 Å². The number of hydrogen-bond acceptors (Lipinski definition) is 5. The third-order valence-corrected chi connectivity index (χ3v) is 7.32. The monoisotopic (exact) mass is 399 g/mol. The van der Waals surface area contributed by atoms with Gasteiger partial charge in [-0.1, -0.05) is 36.4 Å². The minimum Gasteiger partial charge on any atom is -0.497 e. The van der Waals surface area contributed by atoms with E-state index in [1.165, 1.54) is 4.31 Å². The smallest absolute Gasteiger partial charge is 0.335 e. The molecule has 1 unspecified atom stereocenters. The molecule has 0 spiro atoms. The fraction of sp³-hybridized carbons (Fsp3) is 0.286. The molecule has 1 atom stereocenters. The summed E-state index contributed by atoms with van der Waals surface area (Å²) in [5, 5.41) is 0. The Bertz CT molecular complexity index is 1060. The van der Waals surface area contributed by atoms with Crippen molar-refractivity contribution in [2.75, 3.05) is 20.3 Å². The van der Waals surface area contributed by atoms with Crippen LogP contribution < -0.4 is 4.74 Å². The third-order valence-electron chi connectivity index (χ3n) is 5.39. The van der Waals surface area contributed by atoms with Gasteiger partial charge in [-0.3, -0.25) is 0 Å². The van der Waals surface area contributed by atoms with E-state index in [0.29, 0.717) is 17.7 Å². The Balaban J connectivity index is 1.92. The van der Waals surface area contributed by atoms with Crippen LogP contribution in [-0.4, -0.2) is 39.0 Å². The molecule has 0 saturated heterocycles.